The zero-order valence-electron chi connectivity index (χ0n) is 12.0. The first kappa shape index (κ1) is 18.0. The minimum Gasteiger partial charge on any atom is -0.473 e. The van der Waals surface area contributed by atoms with Crippen molar-refractivity contribution in [2.45, 2.75) is 12.8 Å². The van der Waals surface area contributed by atoms with Gasteiger partial charge in [0.05, 0.1) is 5.56 Å². The maximum atomic E-state index is 13.2. The van der Waals surface area contributed by atoms with Crippen molar-refractivity contribution >= 4 is 27.6 Å². The molecule has 0 aliphatic rings. The van der Waals surface area contributed by atoms with Crippen molar-refractivity contribution in [3.63, 3.8) is 0 Å². The number of benzene rings is 1. The van der Waals surface area contributed by atoms with E-state index in [0.717, 1.165) is 6.07 Å². The van der Waals surface area contributed by atoms with Crippen molar-refractivity contribution in [2.75, 3.05) is 5.32 Å². The zero-order chi connectivity index (χ0) is 17.7. The Morgan fingerprint density at radius 2 is 1.96 bits per heavy atom. The van der Waals surface area contributed by atoms with E-state index in [1.165, 1.54) is 18.2 Å². The Morgan fingerprint density at radius 3 is 2.58 bits per heavy atom. The minimum absolute atomic E-state index is 0.0669. The molecule has 24 heavy (non-hydrogen) atoms. The first-order valence-electron chi connectivity index (χ1n) is 6.53. The fraction of sp³-hybridized carbons (Fsp3) is 0.143. The van der Waals surface area contributed by atoms with Gasteiger partial charge in [0.15, 0.2) is 0 Å². The highest BCUT2D eigenvalue weighted by Crippen LogP contribution is 2.35. The number of amides is 2. The largest absolute Gasteiger partial charge is 0.473 e. The lowest BCUT2D eigenvalue weighted by Crippen LogP contribution is -2.34. The minimum atomic E-state index is -4.61. The van der Waals surface area contributed by atoms with E-state index in [0.29, 0.717) is 4.60 Å². The Balaban J connectivity index is 2.34. The molecule has 2 aromatic rings. The predicted molar refractivity (Wildman–Crippen MR) is 84.1 cm³/mol. The number of ether oxygens (including phenoxy) is 1. The number of hydrazine groups is 1. The second-order valence-corrected chi connectivity index (χ2v) is 5.33. The number of halogens is 4. The number of alkyl halides is 3. The molecule has 10 heteroatoms. The SMILES string of the molecule is NNC(=O)Nc1cccc(C(F)(F)F)c1COc1cccc(Br)n1. The number of hydrogen-bond donors (Lipinski definition) is 3. The first-order chi connectivity index (χ1) is 11.3. The average Bonchev–Trinajstić information content (AvgIpc) is 2.52. The lowest BCUT2D eigenvalue weighted by molar-refractivity contribution is -0.138. The van der Waals surface area contributed by atoms with Crippen LogP contribution >= 0.6 is 15.9 Å². The molecule has 2 amide bonds. The molecule has 4 N–H and O–H groups in total. The van der Waals surface area contributed by atoms with Gasteiger partial charge < -0.3 is 10.1 Å². The van der Waals surface area contributed by atoms with E-state index in [4.69, 9.17) is 10.6 Å². The Bertz CT molecular complexity index is 740. The van der Waals surface area contributed by atoms with Gasteiger partial charge in [-0.3, -0.25) is 5.43 Å². The lowest BCUT2D eigenvalue weighted by Gasteiger charge is -2.17. The average molecular weight is 405 g/mol. The third-order valence-corrected chi connectivity index (χ3v) is 3.36. The number of aromatic nitrogens is 1. The third-order valence-electron chi connectivity index (χ3n) is 2.91. The predicted octanol–water partition coefficient (Wildman–Crippen LogP) is 3.44. The molecule has 0 unspecified atom stereocenters. The smallest absolute Gasteiger partial charge is 0.416 e. The van der Waals surface area contributed by atoms with E-state index >= 15 is 0 Å². The highest BCUT2D eigenvalue weighted by atomic mass is 79.9. The lowest BCUT2D eigenvalue weighted by atomic mass is 10.1. The molecule has 0 bridgehead atoms. The van der Waals surface area contributed by atoms with Crippen LogP contribution in [0.4, 0.5) is 23.7 Å². The van der Waals surface area contributed by atoms with Gasteiger partial charge in [-0.05, 0) is 34.1 Å². The number of carbonyl (C=O) groups excluding carboxylic acids is 1. The molecular weight excluding hydrogens is 393 g/mol. The molecule has 0 fully saturated rings. The van der Waals surface area contributed by atoms with Crippen molar-refractivity contribution in [3.8, 4) is 5.88 Å². The van der Waals surface area contributed by atoms with Gasteiger partial charge in [-0.25, -0.2) is 15.6 Å². The Morgan fingerprint density at radius 1 is 1.25 bits per heavy atom. The zero-order valence-corrected chi connectivity index (χ0v) is 13.6. The van der Waals surface area contributed by atoms with E-state index in [1.54, 1.807) is 17.6 Å². The summed E-state index contributed by atoms with van der Waals surface area (Å²) in [5.74, 6) is 5.08. The van der Waals surface area contributed by atoms with Crippen molar-refractivity contribution in [3.05, 3.63) is 52.1 Å². The molecule has 0 atom stereocenters. The van der Waals surface area contributed by atoms with Crippen LogP contribution in [0.15, 0.2) is 41.0 Å². The molecule has 1 aromatic carbocycles. The van der Waals surface area contributed by atoms with E-state index in [1.807, 2.05) is 0 Å². The monoisotopic (exact) mass is 404 g/mol. The molecule has 0 saturated carbocycles. The van der Waals surface area contributed by atoms with Gasteiger partial charge in [-0.15, -0.1) is 0 Å². The summed E-state index contributed by atoms with van der Waals surface area (Å²) in [7, 11) is 0. The van der Waals surface area contributed by atoms with E-state index in [9.17, 15) is 18.0 Å². The Labute approximate surface area is 143 Å². The summed E-state index contributed by atoms with van der Waals surface area (Å²) in [6.45, 7) is -0.445. The molecule has 0 aliphatic heterocycles. The van der Waals surface area contributed by atoms with Crippen molar-refractivity contribution < 1.29 is 22.7 Å². The molecule has 0 spiro atoms. The first-order valence-corrected chi connectivity index (χ1v) is 7.32. The fourth-order valence-electron chi connectivity index (χ4n) is 1.90. The van der Waals surface area contributed by atoms with Gasteiger partial charge in [0.2, 0.25) is 5.88 Å². The number of urea groups is 1. The van der Waals surface area contributed by atoms with Crippen LogP contribution in [-0.4, -0.2) is 11.0 Å². The van der Waals surface area contributed by atoms with Crippen molar-refractivity contribution in [2.24, 2.45) is 5.84 Å². The normalized spacial score (nSPS) is 11.0. The van der Waals surface area contributed by atoms with Gasteiger partial charge in [0.25, 0.3) is 0 Å². The van der Waals surface area contributed by atoms with Crippen LogP contribution in [0.5, 0.6) is 5.88 Å². The molecule has 0 saturated heterocycles. The number of pyridine rings is 1. The fourth-order valence-corrected chi connectivity index (χ4v) is 2.23. The summed E-state index contributed by atoms with van der Waals surface area (Å²) < 4.78 is 45.4. The van der Waals surface area contributed by atoms with Crippen molar-refractivity contribution in [1.82, 2.24) is 10.4 Å². The van der Waals surface area contributed by atoms with E-state index in [-0.39, 0.29) is 17.1 Å². The van der Waals surface area contributed by atoms with Crippen LogP contribution in [0.3, 0.4) is 0 Å². The second-order valence-electron chi connectivity index (χ2n) is 4.52. The second kappa shape index (κ2) is 7.49. The molecule has 0 aliphatic carbocycles. The Kier molecular flexibility index (Phi) is 5.62. The van der Waals surface area contributed by atoms with Gasteiger partial charge in [0, 0.05) is 17.3 Å². The van der Waals surface area contributed by atoms with Gasteiger partial charge in [-0.1, -0.05) is 12.1 Å². The summed E-state index contributed by atoms with van der Waals surface area (Å²) >= 11 is 3.14. The molecule has 1 aromatic heterocycles. The standard InChI is InChI=1S/C14H12BrF3N4O2/c15-11-5-2-6-12(21-11)24-7-8-9(14(16,17)18)3-1-4-10(8)20-13(23)22-19/h1-6H,7,19H2,(H2,20,22,23). The van der Waals surface area contributed by atoms with Crippen LogP contribution in [0, 0.1) is 0 Å². The highest BCUT2D eigenvalue weighted by Gasteiger charge is 2.34. The maximum Gasteiger partial charge on any atom is 0.416 e. The number of anilines is 1. The van der Waals surface area contributed by atoms with Gasteiger partial charge >= 0.3 is 12.2 Å². The van der Waals surface area contributed by atoms with Crippen LogP contribution in [0.1, 0.15) is 11.1 Å². The van der Waals surface area contributed by atoms with Crippen molar-refractivity contribution in [1.29, 1.82) is 0 Å². The molecule has 1 heterocycles. The number of rotatable bonds is 4. The highest BCUT2D eigenvalue weighted by molar-refractivity contribution is 9.10. The van der Waals surface area contributed by atoms with Crippen LogP contribution in [0.2, 0.25) is 0 Å². The van der Waals surface area contributed by atoms with Crippen LogP contribution < -0.4 is 21.3 Å². The molecule has 6 nitrogen and oxygen atoms in total. The Hall–Kier alpha value is -2.33. The van der Waals surface area contributed by atoms with E-state index in [2.05, 4.69) is 26.2 Å². The number of hydrogen-bond acceptors (Lipinski definition) is 4. The summed E-state index contributed by atoms with van der Waals surface area (Å²) in [6, 6.07) is 7.32. The summed E-state index contributed by atoms with van der Waals surface area (Å²) in [4.78, 5) is 15.3. The number of nitrogens with two attached hydrogens (primary N) is 1. The van der Waals surface area contributed by atoms with Crippen LogP contribution in [-0.2, 0) is 12.8 Å². The molecule has 0 radical (unpaired) electrons. The molecule has 128 valence electrons. The number of nitrogens with zero attached hydrogens (tertiary/aromatic N) is 1. The molecular formula is C14H12BrF3N4O2. The summed E-state index contributed by atoms with van der Waals surface area (Å²) in [6.07, 6.45) is -4.61. The summed E-state index contributed by atoms with van der Waals surface area (Å²) in [5, 5.41) is 2.24. The number of nitrogens with one attached hydrogen (secondary N) is 2. The maximum absolute atomic E-state index is 13.2. The number of carbonyl (C=O) groups is 1. The topological polar surface area (TPSA) is 89.3 Å². The molecule has 2 rings (SSSR count). The van der Waals surface area contributed by atoms with Gasteiger partial charge in [0.1, 0.15) is 11.2 Å². The van der Waals surface area contributed by atoms with Gasteiger partial charge in [-0.2, -0.15) is 13.2 Å². The quantitative estimate of drug-likeness (QED) is 0.315. The van der Waals surface area contributed by atoms with E-state index < -0.39 is 24.4 Å². The van der Waals surface area contributed by atoms with Crippen LogP contribution in [0.25, 0.3) is 0 Å². The summed E-state index contributed by atoms with van der Waals surface area (Å²) in [5.41, 5.74) is 0.558. The third kappa shape index (κ3) is 4.59.